The molecule has 0 saturated carbocycles. The van der Waals surface area contributed by atoms with Crippen molar-refractivity contribution >= 4 is 11.9 Å². The molecule has 1 atom stereocenters. The van der Waals surface area contributed by atoms with Crippen molar-refractivity contribution in [1.82, 2.24) is 0 Å². The first-order valence-electron chi connectivity index (χ1n) is 5.76. The summed E-state index contributed by atoms with van der Waals surface area (Å²) in [5.74, 6) is -0.889. The van der Waals surface area contributed by atoms with Crippen LogP contribution in [0.5, 0.6) is 0 Å². The molecule has 0 aromatic rings. The van der Waals surface area contributed by atoms with Gasteiger partial charge in [-0.05, 0) is 27.2 Å². The van der Waals surface area contributed by atoms with Crippen LogP contribution in [0.25, 0.3) is 0 Å². The lowest BCUT2D eigenvalue weighted by Crippen LogP contribution is -2.40. The van der Waals surface area contributed by atoms with Crippen LogP contribution in [0.15, 0.2) is 0 Å². The Morgan fingerprint density at radius 2 is 1.81 bits per heavy atom. The first kappa shape index (κ1) is 14.9. The highest BCUT2D eigenvalue weighted by Gasteiger charge is 2.34. The lowest BCUT2D eigenvalue weighted by molar-refractivity contribution is -0.181. The normalized spacial score (nSPS) is 13.1. The number of esters is 2. The molecular formula is C12H22O4. The summed E-state index contributed by atoms with van der Waals surface area (Å²) in [6.45, 7) is 8.62. The summed E-state index contributed by atoms with van der Waals surface area (Å²) < 4.78 is 10.2. The second-order valence-electron chi connectivity index (χ2n) is 4.34. The van der Waals surface area contributed by atoms with E-state index in [1.54, 1.807) is 20.8 Å². The van der Waals surface area contributed by atoms with Crippen LogP contribution in [0.3, 0.4) is 0 Å². The summed E-state index contributed by atoms with van der Waals surface area (Å²) in [5.41, 5.74) is -1.20. The van der Waals surface area contributed by atoms with Crippen LogP contribution < -0.4 is 0 Å². The van der Waals surface area contributed by atoms with Gasteiger partial charge in [0.25, 0.3) is 0 Å². The van der Waals surface area contributed by atoms with Gasteiger partial charge >= 0.3 is 11.9 Å². The molecule has 0 aliphatic carbocycles. The minimum absolute atomic E-state index is 0.142. The van der Waals surface area contributed by atoms with Crippen LogP contribution in [0.1, 0.15) is 53.9 Å². The number of hydrogen-bond acceptors (Lipinski definition) is 4. The minimum atomic E-state index is -1.20. The van der Waals surface area contributed by atoms with E-state index in [4.69, 9.17) is 9.47 Å². The van der Waals surface area contributed by atoms with Gasteiger partial charge in [-0.1, -0.05) is 20.3 Å². The molecule has 0 aliphatic rings. The highest BCUT2D eigenvalue weighted by atomic mass is 16.6. The van der Waals surface area contributed by atoms with Gasteiger partial charge in [0.05, 0.1) is 6.10 Å². The zero-order chi connectivity index (χ0) is 12.8. The largest absolute Gasteiger partial charge is 0.460 e. The van der Waals surface area contributed by atoms with Crippen LogP contribution in [0.4, 0.5) is 0 Å². The Morgan fingerprint density at radius 1 is 1.25 bits per heavy atom. The zero-order valence-electron chi connectivity index (χ0n) is 10.8. The second kappa shape index (κ2) is 6.51. The minimum Gasteiger partial charge on any atom is -0.460 e. The van der Waals surface area contributed by atoms with Crippen molar-refractivity contribution in [2.45, 2.75) is 65.6 Å². The second-order valence-corrected chi connectivity index (χ2v) is 4.34. The van der Waals surface area contributed by atoms with E-state index >= 15 is 0 Å². The third-order valence-corrected chi connectivity index (χ3v) is 2.15. The van der Waals surface area contributed by atoms with Crippen LogP contribution >= 0.6 is 0 Å². The molecule has 0 spiro atoms. The molecule has 94 valence electrons. The van der Waals surface area contributed by atoms with Crippen LogP contribution in [-0.2, 0) is 19.1 Å². The molecule has 0 rings (SSSR count). The molecule has 0 radical (unpaired) electrons. The number of rotatable bonds is 6. The fourth-order valence-electron chi connectivity index (χ4n) is 1.19. The molecule has 0 aromatic carbocycles. The van der Waals surface area contributed by atoms with Crippen molar-refractivity contribution in [3.63, 3.8) is 0 Å². The van der Waals surface area contributed by atoms with Gasteiger partial charge in [0.15, 0.2) is 0 Å². The first-order chi connectivity index (χ1) is 7.33. The predicted octanol–water partition coefficient (Wildman–Crippen LogP) is 2.45. The average molecular weight is 230 g/mol. The van der Waals surface area contributed by atoms with Crippen molar-refractivity contribution in [2.24, 2.45) is 0 Å². The molecule has 1 unspecified atom stereocenters. The van der Waals surface area contributed by atoms with Crippen molar-refractivity contribution in [2.75, 3.05) is 0 Å². The van der Waals surface area contributed by atoms with Crippen molar-refractivity contribution < 1.29 is 19.1 Å². The Hall–Kier alpha value is -1.06. The maximum Gasteiger partial charge on any atom is 0.350 e. The lowest BCUT2D eigenvalue weighted by atomic mass is 10.1. The van der Waals surface area contributed by atoms with E-state index in [9.17, 15) is 9.59 Å². The quantitative estimate of drug-likeness (QED) is 0.658. The Kier molecular flexibility index (Phi) is 6.08. The Balaban J connectivity index is 4.28. The summed E-state index contributed by atoms with van der Waals surface area (Å²) in [5, 5.41) is 0. The monoisotopic (exact) mass is 230 g/mol. The molecule has 0 aromatic heterocycles. The van der Waals surface area contributed by atoms with Gasteiger partial charge in [0.2, 0.25) is 5.60 Å². The molecule has 0 fully saturated rings. The zero-order valence-corrected chi connectivity index (χ0v) is 10.8. The summed E-state index contributed by atoms with van der Waals surface area (Å²) >= 11 is 0. The molecule has 0 amide bonds. The molecular weight excluding hydrogens is 208 g/mol. The van der Waals surface area contributed by atoms with Crippen molar-refractivity contribution in [1.29, 1.82) is 0 Å². The fraction of sp³-hybridized carbons (Fsp3) is 0.833. The topological polar surface area (TPSA) is 52.6 Å². The molecule has 4 heteroatoms. The van der Waals surface area contributed by atoms with E-state index in [-0.39, 0.29) is 12.5 Å². The Morgan fingerprint density at radius 3 is 2.25 bits per heavy atom. The maximum absolute atomic E-state index is 11.7. The molecule has 0 bridgehead atoms. The highest BCUT2D eigenvalue weighted by Crippen LogP contribution is 2.15. The van der Waals surface area contributed by atoms with Gasteiger partial charge in [-0.3, -0.25) is 4.79 Å². The number of carbonyl (C=O) groups is 2. The predicted molar refractivity (Wildman–Crippen MR) is 60.9 cm³/mol. The van der Waals surface area contributed by atoms with Crippen LogP contribution in [-0.4, -0.2) is 23.6 Å². The van der Waals surface area contributed by atoms with Crippen molar-refractivity contribution in [3.05, 3.63) is 0 Å². The van der Waals surface area contributed by atoms with Gasteiger partial charge in [0, 0.05) is 6.42 Å². The summed E-state index contributed by atoms with van der Waals surface area (Å²) in [6.07, 6.45) is 1.87. The first-order valence-corrected chi connectivity index (χ1v) is 5.76. The number of hydrogen-bond donors (Lipinski definition) is 0. The fourth-order valence-corrected chi connectivity index (χ4v) is 1.19. The van der Waals surface area contributed by atoms with Crippen LogP contribution in [0.2, 0.25) is 0 Å². The van der Waals surface area contributed by atoms with Gasteiger partial charge in [-0.2, -0.15) is 0 Å². The van der Waals surface area contributed by atoms with Gasteiger partial charge in [-0.25, -0.2) is 4.79 Å². The number of ether oxygens (including phenoxy) is 2. The SMILES string of the molecule is CCCC(C)OC(=O)C(C)(C)OC(=O)CC. The number of carbonyl (C=O) groups excluding carboxylic acids is 2. The highest BCUT2D eigenvalue weighted by molar-refractivity contribution is 5.82. The molecule has 0 saturated heterocycles. The molecule has 0 heterocycles. The molecule has 4 nitrogen and oxygen atoms in total. The third-order valence-electron chi connectivity index (χ3n) is 2.15. The molecule has 16 heavy (non-hydrogen) atoms. The summed E-state index contributed by atoms with van der Waals surface area (Å²) in [7, 11) is 0. The van der Waals surface area contributed by atoms with E-state index in [2.05, 4.69) is 0 Å². The smallest absolute Gasteiger partial charge is 0.350 e. The van der Waals surface area contributed by atoms with E-state index in [1.165, 1.54) is 0 Å². The van der Waals surface area contributed by atoms with E-state index in [0.29, 0.717) is 0 Å². The molecule has 0 N–H and O–H groups in total. The third kappa shape index (κ3) is 5.14. The summed E-state index contributed by atoms with van der Waals surface area (Å²) in [4.78, 5) is 22.8. The lowest BCUT2D eigenvalue weighted by Gasteiger charge is -2.24. The van der Waals surface area contributed by atoms with E-state index < -0.39 is 17.5 Å². The summed E-state index contributed by atoms with van der Waals surface area (Å²) in [6, 6.07) is 0. The van der Waals surface area contributed by atoms with E-state index in [1.807, 2.05) is 13.8 Å². The van der Waals surface area contributed by atoms with Crippen LogP contribution in [0, 0.1) is 0 Å². The maximum atomic E-state index is 11.7. The van der Waals surface area contributed by atoms with Crippen molar-refractivity contribution in [3.8, 4) is 0 Å². The Labute approximate surface area is 97.3 Å². The standard InChI is InChI=1S/C12H22O4/c1-6-8-9(3)15-11(14)12(4,5)16-10(13)7-2/h9H,6-8H2,1-5H3. The Bertz CT molecular complexity index is 245. The average Bonchev–Trinajstić information content (AvgIpc) is 2.17. The van der Waals surface area contributed by atoms with Gasteiger partial charge < -0.3 is 9.47 Å². The van der Waals surface area contributed by atoms with E-state index in [0.717, 1.165) is 12.8 Å². The van der Waals surface area contributed by atoms with Gasteiger partial charge in [-0.15, -0.1) is 0 Å². The molecule has 0 aliphatic heterocycles. The van der Waals surface area contributed by atoms with Gasteiger partial charge in [0.1, 0.15) is 0 Å².